The van der Waals surface area contributed by atoms with E-state index in [1.54, 1.807) is 12.4 Å². The van der Waals surface area contributed by atoms with Gasteiger partial charge in [0.25, 0.3) is 0 Å². The SMILES string of the molecule is CCCn1c(CC2CS(=O)(=O)CCN2)nc2cnccc21. The van der Waals surface area contributed by atoms with Gasteiger partial charge in [-0.25, -0.2) is 13.4 Å². The van der Waals surface area contributed by atoms with Gasteiger partial charge >= 0.3 is 0 Å². The first-order valence-corrected chi connectivity index (χ1v) is 9.14. The molecule has 1 saturated heterocycles. The molecule has 0 radical (unpaired) electrons. The number of imidazole rings is 1. The lowest BCUT2D eigenvalue weighted by atomic mass is 10.2. The minimum Gasteiger partial charge on any atom is -0.328 e. The quantitative estimate of drug-likeness (QED) is 0.903. The second kappa shape index (κ2) is 5.73. The van der Waals surface area contributed by atoms with E-state index in [0.717, 1.165) is 29.8 Å². The zero-order valence-corrected chi connectivity index (χ0v) is 12.9. The average molecular weight is 308 g/mol. The Kier molecular flexibility index (Phi) is 3.95. The van der Waals surface area contributed by atoms with Crippen LogP contribution < -0.4 is 5.32 Å². The topological polar surface area (TPSA) is 76.9 Å². The molecule has 2 aromatic heterocycles. The van der Waals surface area contributed by atoms with Gasteiger partial charge in [-0.3, -0.25) is 4.98 Å². The van der Waals surface area contributed by atoms with Gasteiger partial charge in [0, 0.05) is 31.7 Å². The van der Waals surface area contributed by atoms with Crippen LogP contribution in [-0.4, -0.2) is 47.0 Å². The number of nitrogens with one attached hydrogen (secondary N) is 1. The van der Waals surface area contributed by atoms with Crippen LogP contribution in [0.15, 0.2) is 18.5 Å². The molecule has 7 heteroatoms. The molecule has 1 N–H and O–H groups in total. The lowest BCUT2D eigenvalue weighted by Gasteiger charge is -2.23. The molecule has 0 aliphatic carbocycles. The second-order valence-electron chi connectivity index (χ2n) is 5.51. The number of nitrogens with zero attached hydrogens (tertiary/aromatic N) is 3. The van der Waals surface area contributed by atoms with Crippen LogP contribution >= 0.6 is 0 Å². The highest BCUT2D eigenvalue weighted by atomic mass is 32.2. The summed E-state index contributed by atoms with van der Waals surface area (Å²) in [5, 5.41) is 3.29. The maximum atomic E-state index is 11.8. The van der Waals surface area contributed by atoms with Crippen molar-refractivity contribution in [2.24, 2.45) is 0 Å². The summed E-state index contributed by atoms with van der Waals surface area (Å²) in [6.07, 6.45) is 5.17. The molecule has 1 aliphatic rings. The standard InChI is InChI=1S/C14H20N4O2S/c1-2-6-18-13-3-4-15-9-12(13)17-14(18)8-11-10-21(19,20)7-5-16-11/h3-4,9,11,16H,2,5-8,10H2,1H3. The predicted molar refractivity (Wildman–Crippen MR) is 82.0 cm³/mol. The van der Waals surface area contributed by atoms with Gasteiger partial charge in [-0.2, -0.15) is 0 Å². The summed E-state index contributed by atoms with van der Waals surface area (Å²) in [4.78, 5) is 8.75. The third-order valence-corrected chi connectivity index (χ3v) is 5.54. The summed E-state index contributed by atoms with van der Waals surface area (Å²) in [5.74, 6) is 1.37. The average Bonchev–Trinajstić information content (AvgIpc) is 2.76. The van der Waals surface area contributed by atoms with Gasteiger partial charge in [-0.15, -0.1) is 0 Å². The van der Waals surface area contributed by atoms with E-state index in [1.807, 2.05) is 6.07 Å². The molecule has 3 rings (SSSR count). The summed E-state index contributed by atoms with van der Waals surface area (Å²) in [6.45, 7) is 3.54. The Labute approximate surface area is 124 Å². The van der Waals surface area contributed by atoms with Crippen LogP contribution in [0.1, 0.15) is 19.2 Å². The highest BCUT2D eigenvalue weighted by Gasteiger charge is 2.26. The van der Waals surface area contributed by atoms with E-state index in [1.165, 1.54) is 0 Å². The van der Waals surface area contributed by atoms with Gasteiger partial charge in [0.2, 0.25) is 0 Å². The van der Waals surface area contributed by atoms with Crippen molar-refractivity contribution in [1.29, 1.82) is 0 Å². The van der Waals surface area contributed by atoms with Crippen molar-refractivity contribution in [2.75, 3.05) is 18.1 Å². The Hall–Kier alpha value is -1.47. The smallest absolute Gasteiger partial charge is 0.153 e. The Morgan fingerprint density at radius 1 is 1.48 bits per heavy atom. The lowest BCUT2D eigenvalue weighted by Crippen LogP contribution is -2.46. The van der Waals surface area contributed by atoms with Gasteiger partial charge in [0.15, 0.2) is 9.84 Å². The molecule has 6 nitrogen and oxygen atoms in total. The zero-order valence-electron chi connectivity index (χ0n) is 12.1. The molecule has 0 spiro atoms. The summed E-state index contributed by atoms with van der Waals surface area (Å²) in [5.41, 5.74) is 1.94. The molecule has 21 heavy (non-hydrogen) atoms. The van der Waals surface area contributed by atoms with Crippen LogP contribution in [0.4, 0.5) is 0 Å². The summed E-state index contributed by atoms with van der Waals surface area (Å²) in [6, 6.07) is 1.91. The minimum atomic E-state index is -2.92. The molecular formula is C14H20N4O2S. The number of aryl methyl sites for hydroxylation is 1. The number of pyridine rings is 1. The summed E-state index contributed by atoms with van der Waals surface area (Å²) in [7, 11) is -2.92. The molecule has 0 saturated carbocycles. The summed E-state index contributed by atoms with van der Waals surface area (Å²) >= 11 is 0. The Morgan fingerprint density at radius 3 is 3.10 bits per heavy atom. The largest absolute Gasteiger partial charge is 0.328 e. The first-order chi connectivity index (χ1) is 10.1. The van der Waals surface area contributed by atoms with Crippen LogP contribution in [0.25, 0.3) is 11.0 Å². The first kappa shape index (κ1) is 14.5. The van der Waals surface area contributed by atoms with Gasteiger partial charge in [-0.1, -0.05) is 6.92 Å². The van der Waals surface area contributed by atoms with Crippen LogP contribution in [0, 0.1) is 0 Å². The lowest BCUT2D eigenvalue weighted by molar-refractivity contribution is 0.499. The van der Waals surface area contributed by atoms with Crippen molar-refractivity contribution < 1.29 is 8.42 Å². The van der Waals surface area contributed by atoms with Gasteiger partial charge < -0.3 is 9.88 Å². The maximum Gasteiger partial charge on any atom is 0.153 e. The molecule has 2 aromatic rings. The number of aromatic nitrogens is 3. The normalized spacial score (nSPS) is 21.7. The Morgan fingerprint density at radius 2 is 2.33 bits per heavy atom. The van der Waals surface area contributed by atoms with Crippen LogP contribution in [0.2, 0.25) is 0 Å². The molecule has 1 atom stereocenters. The van der Waals surface area contributed by atoms with E-state index in [-0.39, 0.29) is 17.5 Å². The molecule has 3 heterocycles. The van der Waals surface area contributed by atoms with Crippen molar-refractivity contribution in [2.45, 2.75) is 32.4 Å². The molecule has 1 unspecified atom stereocenters. The maximum absolute atomic E-state index is 11.8. The van der Waals surface area contributed by atoms with E-state index in [4.69, 9.17) is 0 Å². The van der Waals surface area contributed by atoms with E-state index in [0.29, 0.717) is 13.0 Å². The van der Waals surface area contributed by atoms with Crippen LogP contribution in [-0.2, 0) is 22.8 Å². The fraction of sp³-hybridized carbons (Fsp3) is 0.571. The fourth-order valence-corrected chi connectivity index (χ4v) is 4.32. The highest BCUT2D eigenvalue weighted by molar-refractivity contribution is 7.91. The van der Waals surface area contributed by atoms with Crippen molar-refractivity contribution in [3.63, 3.8) is 0 Å². The van der Waals surface area contributed by atoms with Crippen LogP contribution in [0.3, 0.4) is 0 Å². The second-order valence-corrected chi connectivity index (χ2v) is 7.74. The summed E-state index contributed by atoms with van der Waals surface area (Å²) < 4.78 is 25.7. The van der Waals surface area contributed by atoms with E-state index < -0.39 is 9.84 Å². The number of hydrogen-bond donors (Lipinski definition) is 1. The highest BCUT2D eigenvalue weighted by Crippen LogP contribution is 2.18. The molecule has 0 aromatic carbocycles. The van der Waals surface area contributed by atoms with Gasteiger partial charge in [-0.05, 0) is 12.5 Å². The number of hydrogen-bond acceptors (Lipinski definition) is 5. The molecule has 1 aliphatic heterocycles. The molecule has 0 amide bonds. The Bertz CT molecular complexity index is 739. The minimum absolute atomic E-state index is 0.0517. The van der Waals surface area contributed by atoms with Crippen LogP contribution in [0.5, 0.6) is 0 Å². The van der Waals surface area contributed by atoms with Gasteiger partial charge in [0.1, 0.15) is 11.3 Å². The van der Waals surface area contributed by atoms with Crippen molar-refractivity contribution in [3.05, 3.63) is 24.3 Å². The molecule has 1 fully saturated rings. The van der Waals surface area contributed by atoms with E-state index in [9.17, 15) is 8.42 Å². The number of sulfone groups is 1. The monoisotopic (exact) mass is 308 g/mol. The number of fused-ring (bicyclic) bond motifs is 1. The first-order valence-electron chi connectivity index (χ1n) is 7.32. The number of rotatable bonds is 4. The third kappa shape index (κ3) is 3.08. The van der Waals surface area contributed by atoms with Crippen molar-refractivity contribution in [3.8, 4) is 0 Å². The van der Waals surface area contributed by atoms with E-state index in [2.05, 4.69) is 26.8 Å². The van der Waals surface area contributed by atoms with Gasteiger partial charge in [0.05, 0.1) is 23.2 Å². The fourth-order valence-electron chi connectivity index (χ4n) is 2.88. The van der Waals surface area contributed by atoms with Crippen molar-refractivity contribution in [1.82, 2.24) is 19.9 Å². The Balaban J connectivity index is 1.91. The third-order valence-electron chi connectivity index (χ3n) is 3.81. The van der Waals surface area contributed by atoms with E-state index >= 15 is 0 Å². The zero-order chi connectivity index (χ0) is 14.9. The molecule has 0 bridgehead atoms. The molecule has 114 valence electrons. The predicted octanol–water partition coefficient (Wildman–Crippen LogP) is 0.770. The molecular weight excluding hydrogens is 288 g/mol. The van der Waals surface area contributed by atoms with Crippen molar-refractivity contribution >= 4 is 20.9 Å².